The van der Waals surface area contributed by atoms with Crippen LogP contribution in [-0.2, 0) is 0 Å². The summed E-state index contributed by atoms with van der Waals surface area (Å²) in [4.78, 5) is 0. The number of benzene rings is 4. The van der Waals surface area contributed by atoms with Crippen molar-refractivity contribution in [3.8, 4) is 11.1 Å². The van der Waals surface area contributed by atoms with E-state index >= 15 is 0 Å². The lowest BCUT2D eigenvalue weighted by Gasteiger charge is -2.11. The van der Waals surface area contributed by atoms with Crippen molar-refractivity contribution in [2.45, 2.75) is 6.92 Å². The van der Waals surface area contributed by atoms with E-state index in [1.54, 1.807) is 0 Å². The van der Waals surface area contributed by atoms with Crippen molar-refractivity contribution in [3.05, 3.63) is 84.4 Å². The summed E-state index contributed by atoms with van der Waals surface area (Å²) in [5.74, 6) is 0. The maximum absolute atomic E-state index is 6.08. The molecular formula is C23H16O. The second kappa shape index (κ2) is 4.97. The van der Waals surface area contributed by atoms with Crippen molar-refractivity contribution in [1.82, 2.24) is 0 Å². The lowest BCUT2D eigenvalue weighted by molar-refractivity contribution is 0.669. The Labute approximate surface area is 140 Å². The van der Waals surface area contributed by atoms with Gasteiger partial charge in [0.05, 0.1) is 0 Å². The molecule has 1 heteroatoms. The van der Waals surface area contributed by atoms with Gasteiger partial charge in [0.15, 0.2) is 0 Å². The minimum atomic E-state index is 0.944. The monoisotopic (exact) mass is 308 g/mol. The molecule has 0 N–H and O–H groups in total. The first kappa shape index (κ1) is 13.4. The van der Waals surface area contributed by atoms with E-state index in [1.807, 2.05) is 12.1 Å². The molecular weight excluding hydrogens is 292 g/mol. The third kappa shape index (κ3) is 1.82. The molecule has 4 aromatic carbocycles. The second-order valence-electron chi connectivity index (χ2n) is 6.26. The van der Waals surface area contributed by atoms with Gasteiger partial charge in [-0.25, -0.2) is 0 Å². The van der Waals surface area contributed by atoms with Crippen LogP contribution >= 0.6 is 0 Å². The molecule has 0 aliphatic rings. The number of aryl methyl sites for hydroxylation is 1. The van der Waals surface area contributed by atoms with Crippen LogP contribution < -0.4 is 0 Å². The van der Waals surface area contributed by atoms with Gasteiger partial charge in [0.25, 0.3) is 0 Å². The Morgan fingerprint density at radius 3 is 2.29 bits per heavy atom. The first-order valence-corrected chi connectivity index (χ1v) is 8.22. The fourth-order valence-corrected chi connectivity index (χ4v) is 3.71. The highest BCUT2D eigenvalue weighted by Gasteiger charge is 2.15. The highest BCUT2D eigenvalue weighted by atomic mass is 16.3. The molecule has 0 radical (unpaired) electrons. The molecule has 114 valence electrons. The van der Waals surface area contributed by atoms with Crippen LogP contribution in [0.5, 0.6) is 0 Å². The topological polar surface area (TPSA) is 13.1 Å². The highest BCUT2D eigenvalue weighted by molar-refractivity contribution is 6.16. The predicted molar refractivity (Wildman–Crippen MR) is 101 cm³/mol. The van der Waals surface area contributed by atoms with Gasteiger partial charge in [-0.2, -0.15) is 0 Å². The minimum Gasteiger partial charge on any atom is -0.456 e. The van der Waals surface area contributed by atoms with Crippen molar-refractivity contribution < 1.29 is 4.42 Å². The van der Waals surface area contributed by atoms with Crippen LogP contribution in [0.25, 0.3) is 43.8 Å². The summed E-state index contributed by atoms with van der Waals surface area (Å²) < 4.78 is 6.08. The van der Waals surface area contributed by atoms with E-state index in [2.05, 4.69) is 73.7 Å². The molecule has 24 heavy (non-hydrogen) atoms. The highest BCUT2D eigenvalue weighted by Crippen LogP contribution is 2.40. The van der Waals surface area contributed by atoms with Gasteiger partial charge >= 0.3 is 0 Å². The zero-order valence-corrected chi connectivity index (χ0v) is 13.4. The van der Waals surface area contributed by atoms with Gasteiger partial charge in [0.1, 0.15) is 11.2 Å². The van der Waals surface area contributed by atoms with E-state index in [0.29, 0.717) is 0 Å². The van der Waals surface area contributed by atoms with Crippen LogP contribution in [-0.4, -0.2) is 0 Å². The summed E-state index contributed by atoms with van der Waals surface area (Å²) in [6.07, 6.45) is 0. The standard InChI is InChI=1S/C23H16O/c1-15-13-14-21-23(19-10-4-5-12-20(19)24-21)22(15)18-11-6-8-16-7-2-3-9-17(16)18/h2-14H,1H3. The average molecular weight is 308 g/mol. The van der Waals surface area contributed by atoms with Crippen LogP contribution in [0, 0.1) is 6.92 Å². The lowest BCUT2D eigenvalue weighted by Crippen LogP contribution is -1.87. The molecule has 0 saturated heterocycles. The Balaban J connectivity index is 2.00. The number of hydrogen-bond acceptors (Lipinski definition) is 1. The van der Waals surface area contributed by atoms with E-state index < -0.39 is 0 Å². The van der Waals surface area contributed by atoms with Crippen molar-refractivity contribution in [3.63, 3.8) is 0 Å². The Hall–Kier alpha value is -3.06. The zero-order valence-electron chi connectivity index (χ0n) is 13.4. The first-order chi connectivity index (χ1) is 11.8. The largest absolute Gasteiger partial charge is 0.456 e. The Morgan fingerprint density at radius 2 is 1.38 bits per heavy atom. The number of furan rings is 1. The van der Waals surface area contributed by atoms with E-state index in [1.165, 1.54) is 38.2 Å². The number of fused-ring (bicyclic) bond motifs is 4. The molecule has 1 aromatic heterocycles. The summed E-state index contributed by atoms with van der Waals surface area (Å²) in [6, 6.07) is 27.6. The van der Waals surface area contributed by atoms with Crippen LogP contribution in [0.2, 0.25) is 0 Å². The Bertz CT molecular complexity index is 1210. The Morgan fingerprint density at radius 1 is 0.625 bits per heavy atom. The van der Waals surface area contributed by atoms with Gasteiger partial charge in [-0.15, -0.1) is 0 Å². The van der Waals surface area contributed by atoms with Crippen molar-refractivity contribution in [1.29, 1.82) is 0 Å². The van der Waals surface area contributed by atoms with Crippen LogP contribution in [0.3, 0.4) is 0 Å². The zero-order chi connectivity index (χ0) is 16.1. The maximum Gasteiger partial charge on any atom is 0.136 e. The maximum atomic E-state index is 6.08. The fourth-order valence-electron chi connectivity index (χ4n) is 3.71. The van der Waals surface area contributed by atoms with Crippen molar-refractivity contribution in [2.24, 2.45) is 0 Å². The van der Waals surface area contributed by atoms with Gasteiger partial charge in [-0.1, -0.05) is 66.7 Å². The van der Waals surface area contributed by atoms with E-state index in [-0.39, 0.29) is 0 Å². The van der Waals surface area contributed by atoms with Crippen molar-refractivity contribution >= 4 is 32.7 Å². The predicted octanol–water partition coefficient (Wildman–Crippen LogP) is 6.71. The molecule has 0 aliphatic carbocycles. The van der Waals surface area contributed by atoms with Gasteiger partial charge < -0.3 is 4.42 Å². The van der Waals surface area contributed by atoms with E-state index in [0.717, 1.165) is 11.2 Å². The fraction of sp³-hybridized carbons (Fsp3) is 0.0435. The van der Waals surface area contributed by atoms with Gasteiger partial charge in [0.2, 0.25) is 0 Å². The van der Waals surface area contributed by atoms with E-state index in [4.69, 9.17) is 4.42 Å². The number of hydrogen-bond donors (Lipinski definition) is 0. The molecule has 0 bridgehead atoms. The van der Waals surface area contributed by atoms with Crippen molar-refractivity contribution in [2.75, 3.05) is 0 Å². The third-order valence-electron chi connectivity index (χ3n) is 4.81. The summed E-state index contributed by atoms with van der Waals surface area (Å²) in [5, 5.41) is 4.93. The molecule has 0 fully saturated rings. The molecule has 5 aromatic rings. The van der Waals surface area contributed by atoms with Gasteiger partial charge in [-0.3, -0.25) is 0 Å². The number of rotatable bonds is 1. The summed E-state index contributed by atoms with van der Waals surface area (Å²) in [7, 11) is 0. The summed E-state index contributed by atoms with van der Waals surface area (Å²) in [5.41, 5.74) is 5.70. The SMILES string of the molecule is Cc1ccc2oc3ccccc3c2c1-c1cccc2ccccc12. The number of para-hydroxylation sites is 1. The lowest BCUT2D eigenvalue weighted by atomic mass is 9.91. The average Bonchev–Trinajstić information content (AvgIpc) is 3.00. The molecule has 0 spiro atoms. The quantitative estimate of drug-likeness (QED) is 0.335. The minimum absolute atomic E-state index is 0.944. The van der Waals surface area contributed by atoms with Gasteiger partial charge in [-0.05, 0) is 46.5 Å². The molecule has 1 nitrogen and oxygen atoms in total. The summed E-state index contributed by atoms with van der Waals surface area (Å²) in [6.45, 7) is 2.18. The molecule has 0 saturated carbocycles. The van der Waals surface area contributed by atoms with E-state index in [9.17, 15) is 0 Å². The van der Waals surface area contributed by atoms with Crippen LogP contribution in [0.4, 0.5) is 0 Å². The molecule has 0 amide bonds. The molecule has 5 rings (SSSR count). The molecule has 0 unspecified atom stereocenters. The van der Waals surface area contributed by atoms with Crippen LogP contribution in [0.15, 0.2) is 83.3 Å². The molecule has 1 heterocycles. The first-order valence-electron chi connectivity index (χ1n) is 8.22. The molecule has 0 atom stereocenters. The molecule has 0 aliphatic heterocycles. The van der Waals surface area contributed by atoms with Gasteiger partial charge in [0, 0.05) is 10.8 Å². The summed E-state index contributed by atoms with van der Waals surface area (Å²) >= 11 is 0. The Kier molecular flexibility index (Phi) is 2.77. The smallest absolute Gasteiger partial charge is 0.136 e. The van der Waals surface area contributed by atoms with Crippen LogP contribution in [0.1, 0.15) is 5.56 Å². The second-order valence-corrected chi connectivity index (χ2v) is 6.26. The third-order valence-corrected chi connectivity index (χ3v) is 4.81. The normalized spacial score (nSPS) is 11.5.